The third-order valence-electron chi connectivity index (χ3n) is 2.96. The number of hydrogen-bond acceptors (Lipinski definition) is 7. The van der Waals surface area contributed by atoms with Crippen LogP contribution in [0.15, 0.2) is 16.7 Å². The second kappa shape index (κ2) is 4.52. The Bertz CT molecular complexity index is 704. The van der Waals surface area contributed by atoms with E-state index >= 15 is 0 Å². The van der Waals surface area contributed by atoms with Gasteiger partial charge in [0.15, 0.2) is 6.10 Å². The Morgan fingerprint density at radius 1 is 1.45 bits per heavy atom. The second-order valence-electron chi connectivity index (χ2n) is 4.27. The van der Waals surface area contributed by atoms with Gasteiger partial charge < -0.3 is 18.6 Å². The maximum atomic E-state index is 11.4. The van der Waals surface area contributed by atoms with Gasteiger partial charge in [0, 0.05) is 19.2 Å². The number of furan rings is 1. The molecule has 7 nitrogen and oxygen atoms in total. The van der Waals surface area contributed by atoms with Crippen LogP contribution in [-0.4, -0.2) is 30.6 Å². The molecule has 20 heavy (non-hydrogen) atoms. The monoisotopic (exact) mass is 277 g/mol. The molecule has 0 fully saturated rings. The first-order valence-electron chi connectivity index (χ1n) is 5.91. The van der Waals surface area contributed by atoms with Gasteiger partial charge in [0.25, 0.3) is 0 Å². The Labute approximate surface area is 113 Å². The summed E-state index contributed by atoms with van der Waals surface area (Å²) in [6.45, 7) is 1.55. The lowest BCUT2D eigenvalue weighted by Gasteiger charge is -2.07. The minimum Gasteiger partial charge on any atom is -0.488 e. The molecule has 0 radical (unpaired) electrons. The summed E-state index contributed by atoms with van der Waals surface area (Å²) in [5.74, 6) is -0.427. The smallest absolute Gasteiger partial charge is 0.374 e. The normalized spacial score (nSPS) is 16.6. The second-order valence-corrected chi connectivity index (χ2v) is 4.27. The fraction of sp³-hybridized carbons (Fsp3) is 0.308. The highest BCUT2D eigenvalue weighted by Crippen LogP contribution is 2.40. The van der Waals surface area contributed by atoms with Gasteiger partial charge in [-0.05, 0) is 0 Å². The van der Waals surface area contributed by atoms with Crippen LogP contribution in [0.1, 0.15) is 29.1 Å². The SMILES string of the molecule is COC(=O)c1cc2c3c(cnc2o1)C(OC(C)=O)CO3. The zero-order valence-electron chi connectivity index (χ0n) is 10.8. The number of rotatable bonds is 2. The van der Waals surface area contributed by atoms with E-state index in [1.165, 1.54) is 26.3 Å². The van der Waals surface area contributed by atoms with Crippen LogP contribution in [-0.2, 0) is 14.3 Å². The highest BCUT2D eigenvalue weighted by molar-refractivity contribution is 5.94. The number of carbonyl (C=O) groups is 2. The van der Waals surface area contributed by atoms with Gasteiger partial charge in [-0.2, -0.15) is 0 Å². The number of pyridine rings is 1. The molecule has 2 aromatic rings. The fourth-order valence-electron chi connectivity index (χ4n) is 2.12. The van der Waals surface area contributed by atoms with Gasteiger partial charge in [-0.25, -0.2) is 9.78 Å². The molecule has 0 bridgehead atoms. The maximum Gasteiger partial charge on any atom is 0.374 e. The largest absolute Gasteiger partial charge is 0.488 e. The topological polar surface area (TPSA) is 87.9 Å². The number of esters is 2. The Balaban J connectivity index is 2.06. The first kappa shape index (κ1) is 12.5. The van der Waals surface area contributed by atoms with E-state index in [0.717, 1.165) is 0 Å². The van der Waals surface area contributed by atoms with Gasteiger partial charge in [0.1, 0.15) is 12.4 Å². The van der Waals surface area contributed by atoms with Gasteiger partial charge in [0.05, 0.1) is 18.1 Å². The number of carbonyl (C=O) groups excluding carboxylic acids is 2. The molecule has 104 valence electrons. The zero-order chi connectivity index (χ0) is 14.3. The van der Waals surface area contributed by atoms with E-state index in [4.69, 9.17) is 13.9 Å². The van der Waals surface area contributed by atoms with E-state index in [1.54, 1.807) is 0 Å². The average molecular weight is 277 g/mol. The van der Waals surface area contributed by atoms with Crippen molar-refractivity contribution in [3.8, 4) is 5.75 Å². The van der Waals surface area contributed by atoms with Crippen molar-refractivity contribution in [1.82, 2.24) is 4.98 Å². The molecule has 1 atom stereocenters. The van der Waals surface area contributed by atoms with Crippen molar-refractivity contribution in [2.75, 3.05) is 13.7 Å². The summed E-state index contributed by atoms with van der Waals surface area (Å²) in [4.78, 5) is 26.6. The molecule has 0 saturated heterocycles. The van der Waals surface area contributed by atoms with Crippen molar-refractivity contribution in [1.29, 1.82) is 0 Å². The Kier molecular flexibility index (Phi) is 2.81. The molecule has 0 aromatic carbocycles. The number of fused-ring (bicyclic) bond motifs is 3. The van der Waals surface area contributed by atoms with E-state index in [9.17, 15) is 9.59 Å². The summed E-state index contributed by atoms with van der Waals surface area (Å²) >= 11 is 0. The molecule has 0 amide bonds. The quantitative estimate of drug-likeness (QED) is 0.770. The van der Waals surface area contributed by atoms with Crippen LogP contribution in [0, 0.1) is 0 Å². The minimum absolute atomic E-state index is 0.0444. The summed E-state index contributed by atoms with van der Waals surface area (Å²) in [5.41, 5.74) is 0.928. The Hall–Kier alpha value is -2.57. The molecule has 7 heteroatoms. The summed E-state index contributed by atoms with van der Waals surface area (Å²) < 4.78 is 20.5. The lowest BCUT2D eigenvalue weighted by Crippen LogP contribution is -2.09. The molecule has 0 N–H and O–H groups in total. The van der Waals surface area contributed by atoms with Crippen molar-refractivity contribution in [2.24, 2.45) is 0 Å². The van der Waals surface area contributed by atoms with Gasteiger partial charge >= 0.3 is 11.9 Å². The van der Waals surface area contributed by atoms with Gasteiger partial charge in [0.2, 0.25) is 11.5 Å². The van der Waals surface area contributed by atoms with Gasteiger partial charge in [-0.1, -0.05) is 0 Å². The van der Waals surface area contributed by atoms with Crippen LogP contribution in [0.25, 0.3) is 11.1 Å². The van der Waals surface area contributed by atoms with Crippen LogP contribution < -0.4 is 4.74 Å². The summed E-state index contributed by atoms with van der Waals surface area (Å²) in [6, 6.07) is 1.50. The van der Waals surface area contributed by atoms with E-state index in [2.05, 4.69) is 9.72 Å². The lowest BCUT2D eigenvalue weighted by atomic mass is 10.1. The highest BCUT2D eigenvalue weighted by Gasteiger charge is 2.30. The predicted molar refractivity (Wildman–Crippen MR) is 65.4 cm³/mol. The molecular weight excluding hydrogens is 266 g/mol. The van der Waals surface area contributed by atoms with Crippen molar-refractivity contribution < 1.29 is 28.2 Å². The third-order valence-corrected chi connectivity index (χ3v) is 2.96. The molecule has 0 aliphatic carbocycles. The summed E-state index contributed by atoms with van der Waals surface area (Å²) in [6.07, 6.45) is 1.03. The fourth-order valence-corrected chi connectivity index (χ4v) is 2.12. The van der Waals surface area contributed by atoms with Gasteiger partial charge in [-0.3, -0.25) is 4.79 Å². The molecule has 1 aliphatic rings. The predicted octanol–water partition coefficient (Wildman–Crippen LogP) is 1.61. The van der Waals surface area contributed by atoms with Crippen LogP contribution in [0.2, 0.25) is 0 Å². The molecular formula is C13H11NO6. The zero-order valence-corrected chi connectivity index (χ0v) is 10.8. The number of methoxy groups -OCH3 is 1. The van der Waals surface area contributed by atoms with Crippen LogP contribution in [0.4, 0.5) is 0 Å². The third kappa shape index (κ3) is 1.87. The van der Waals surface area contributed by atoms with E-state index in [1.807, 2.05) is 0 Å². The van der Waals surface area contributed by atoms with Crippen molar-refractivity contribution in [2.45, 2.75) is 13.0 Å². The molecule has 3 rings (SSSR count). The van der Waals surface area contributed by atoms with Gasteiger partial charge in [-0.15, -0.1) is 0 Å². The average Bonchev–Trinajstić information content (AvgIpc) is 3.00. The van der Waals surface area contributed by atoms with E-state index in [0.29, 0.717) is 16.7 Å². The summed E-state index contributed by atoms with van der Waals surface area (Å²) in [7, 11) is 1.26. The molecule has 1 unspecified atom stereocenters. The van der Waals surface area contributed by atoms with Crippen molar-refractivity contribution in [3.63, 3.8) is 0 Å². The Morgan fingerprint density at radius 2 is 2.25 bits per heavy atom. The number of aromatic nitrogens is 1. The first-order chi connectivity index (χ1) is 9.60. The molecule has 1 aliphatic heterocycles. The number of hydrogen-bond donors (Lipinski definition) is 0. The standard InChI is InChI=1S/C13H11NO6/c1-6(15)19-10-5-18-11-7-3-9(13(16)17-2)20-12(7)14-4-8(10)11/h3-4,10H,5H2,1-2H3. The molecule has 2 aromatic heterocycles. The van der Waals surface area contributed by atoms with Crippen LogP contribution in [0.5, 0.6) is 5.75 Å². The first-order valence-corrected chi connectivity index (χ1v) is 5.91. The molecule has 0 spiro atoms. The van der Waals surface area contributed by atoms with E-state index < -0.39 is 18.0 Å². The number of ether oxygens (including phenoxy) is 3. The Morgan fingerprint density at radius 3 is 2.95 bits per heavy atom. The van der Waals surface area contributed by atoms with Crippen molar-refractivity contribution >= 4 is 23.0 Å². The van der Waals surface area contributed by atoms with Crippen LogP contribution >= 0.6 is 0 Å². The highest BCUT2D eigenvalue weighted by atomic mass is 16.6. The van der Waals surface area contributed by atoms with Crippen LogP contribution in [0.3, 0.4) is 0 Å². The minimum atomic E-state index is -0.591. The molecule has 3 heterocycles. The maximum absolute atomic E-state index is 11.4. The summed E-state index contributed by atoms with van der Waals surface area (Å²) in [5, 5.41) is 0.553. The number of nitrogens with zero attached hydrogens (tertiary/aromatic N) is 1. The van der Waals surface area contributed by atoms with Crippen molar-refractivity contribution in [3.05, 3.63) is 23.6 Å². The van der Waals surface area contributed by atoms with E-state index in [-0.39, 0.29) is 18.1 Å². The lowest BCUT2D eigenvalue weighted by molar-refractivity contribution is -0.147. The molecule has 0 saturated carbocycles.